The summed E-state index contributed by atoms with van der Waals surface area (Å²) in [6, 6.07) is 0. The number of thiol groups is 1. The number of hydrogen-bond donors (Lipinski definition) is 2. The molecule has 1 atom stereocenters. The van der Waals surface area contributed by atoms with Crippen molar-refractivity contribution in [2.24, 2.45) is 0 Å². The standard InChI is InChI=1S/C8H18.C2H6OS/c1-3-5-7-8-6-4-2;1-2(3)4/h3-8H2,1-2H3;2-4H,1H3. The van der Waals surface area contributed by atoms with E-state index in [1.807, 2.05) is 0 Å². The van der Waals surface area contributed by atoms with Gasteiger partial charge in [-0.3, -0.25) is 0 Å². The molecule has 0 radical (unpaired) electrons. The first kappa shape index (κ1) is 14.8. The summed E-state index contributed by atoms with van der Waals surface area (Å²) in [5, 5.41) is 7.92. The average Bonchev–Trinajstić information content (AvgIpc) is 1.97. The van der Waals surface area contributed by atoms with Gasteiger partial charge in [0.15, 0.2) is 0 Å². The molecule has 0 spiro atoms. The van der Waals surface area contributed by atoms with Gasteiger partial charge in [-0.15, -0.1) is 12.6 Å². The molecule has 1 nitrogen and oxygen atoms in total. The van der Waals surface area contributed by atoms with Crippen LogP contribution < -0.4 is 0 Å². The second kappa shape index (κ2) is 13.9. The third kappa shape index (κ3) is 31.7. The van der Waals surface area contributed by atoms with Gasteiger partial charge in [-0.2, -0.15) is 0 Å². The molecule has 0 heterocycles. The quantitative estimate of drug-likeness (QED) is 0.387. The SMILES string of the molecule is CC(O)S.CCCCCCCC. The van der Waals surface area contributed by atoms with Crippen LogP contribution in [0.2, 0.25) is 0 Å². The van der Waals surface area contributed by atoms with Gasteiger partial charge in [0.25, 0.3) is 0 Å². The average molecular weight is 192 g/mol. The van der Waals surface area contributed by atoms with E-state index < -0.39 is 5.44 Å². The second-order valence-electron chi connectivity index (χ2n) is 3.05. The van der Waals surface area contributed by atoms with E-state index in [4.69, 9.17) is 5.11 Å². The normalized spacial score (nSPS) is 11.8. The molecule has 0 aromatic carbocycles. The van der Waals surface area contributed by atoms with Gasteiger partial charge in [0.05, 0.1) is 5.44 Å². The van der Waals surface area contributed by atoms with Crippen molar-refractivity contribution in [3.8, 4) is 0 Å². The van der Waals surface area contributed by atoms with Gasteiger partial charge >= 0.3 is 0 Å². The van der Waals surface area contributed by atoms with E-state index in [1.54, 1.807) is 6.92 Å². The van der Waals surface area contributed by atoms with Crippen LogP contribution in [0.3, 0.4) is 0 Å². The van der Waals surface area contributed by atoms with Gasteiger partial charge in [0.1, 0.15) is 0 Å². The van der Waals surface area contributed by atoms with Crippen molar-refractivity contribution in [2.45, 2.75) is 64.7 Å². The first-order chi connectivity index (χ1) is 5.65. The summed E-state index contributed by atoms with van der Waals surface area (Å²) in [7, 11) is 0. The van der Waals surface area contributed by atoms with Gasteiger partial charge in [-0.25, -0.2) is 0 Å². The molecule has 76 valence electrons. The van der Waals surface area contributed by atoms with Crippen LogP contribution in [-0.4, -0.2) is 10.5 Å². The predicted octanol–water partition coefficient (Wildman–Crippen LogP) is 3.62. The Labute approximate surface area is 83.0 Å². The highest BCUT2D eigenvalue weighted by Gasteiger charge is 1.83. The fraction of sp³-hybridized carbons (Fsp3) is 1.00. The maximum Gasteiger partial charge on any atom is 0.0936 e. The fourth-order valence-electron chi connectivity index (χ4n) is 0.854. The highest BCUT2D eigenvalue weighted by atomic mass is 32.1. The van der Waals surface area contributed by atoms with Crippen LogP contribution in [0.15, 0.2) is 0 Å². The molecule has 0 saturated heterocycles. The second-order valence-corrected chi connectivity index (χ2v) is 3.79. The highest BCUT2D eigenvalue weighted by Crippen LogP contribution is 2.03. The summed E-state index contributed by atoms with van der Waals surface area (Å²) in [6.07, 6.45) is 8.49. The molecule has 0 aliphatic carbocycles. The number of hydrogen-bond acceptors (Lipinski definition) is 2. The Balaban J connectivity index is 0. The van der Waals surface area contributed by atoms with Crippen molar-refractivity contribution in [2.75, 3.05) is 0 Å². The van der Waals surface area contributed by atoms with Gasteiger partial charge in [0.2, 0.25) is 0 Å². The van der Waals surface area contributed by atoms with Crippen LogP contribution in [0.5, 0.6) is 0 Å². The zero-order valence-electron chi connectivity index (χ0n) is 8.71. The Morgan fingerprint density at radius 1 is 1.00 bits per heavy atom. The number of rotatable bonds is 5. The summed E-state index contributed by atoms with van der Waals surface area (Å²) in [6.45, 7) is 6.10. The summed E-state index contributed by atoms with van der Waals surface area (Å²) >= 11 is 3.52. The smallest absolute Gasteiger partial charge is 0.0936 e. The minimum absolute atomic E-state index is 0.472. The van der Waals surface area contributed by atoms with E-state index in [9.17, 15) is 0 Å². The fourth-order valence-corrected chi connectivity index (χ4v) is 0.854. The third-order valence-electron chi connectivity index (χ3n) is 1.46. The van der Waals surface area contributed by atoms with Gasteiger partial charge in [0, 0.05) is 0 Å². The third-order valence-corrected chi connectivity index (χ3v) is 1.46. The molecule has 2 heteroatoms. The molecule has 0 rings (SSSR count). The van der Waals surface area contributed by atoms with Crippen molar-refractivity contribution in [3.63, 3.8) is 0 Å². The first-order valence-electron chi connectivity index (χ1n) is 5.01. The molecule has 0 bridgehead atoms. The Morgan fingerprint density at radius 2 is 1.25 bits per heavy atom. The van der Waals surface area contributed by atoms with Crippen molar-refractivity contribution in [1.82, 2.24) is 0 Å². The van der Waals surface area contributed by atoms with Crippen LogP contribution >= 0.6 is 12.6 Å². The van der Waals surface area contributed by atoms with E-state index in [0.717, 1.165) is 0 Å². The number of aliphatic hydroxyl groups excluding tert-OH is 1. The summed E-state index contributed by atoms with van der Waals surface area (Å²) in [4.78, 5) is 0. The molecule has 0 aromatic rings. The lowest BCUT2D eigenvalue weighted by Gasteiger charge is -1.93. The van der Waals surface area contributed by atoms with Crippen LogP contribution in [0.4, 0.5) is 0 Å². The molecule has 12 heavy (non-hydrogen) atoms. The zero-order valence-corrected chi connectivity index (χ0v) is 9.61. The topological polar surface area (TPSA) is 20.2 Å². The molecule has 0 saturated carbocycles. The molecule has 0 aromatic heterocycles. The highest BCUT2D eigenvalue weighted by molar-refractivity contribution is 7.80. The lowest BCUT2D eigenvalue weighted by molar-refractivity contribution is 0.286. The summed E-state index contributed by atoms with van der Waals surface area (Å²) < 4.78 is 0. The monoisotopic (exact) mass is 192 g/mol. The van der Waals surface area contributed by atoms with E-state index in [0.29, 0.717) is 0 Å². The van der Waals surface area contributed by atoms with Crippen LogP contribution in [0.25, 0.3) is 0 Å². The van der Waals surface area contributed by atoms with Gasteiger partial charge in [-0.05, 0) is 6.92 Å². The summed E-state index contributed by atoms with van der Waals surface area (Å²) in [5.74, 6) is 0. The minimum atomic E-state index is -0.472. The molecule has 1 N–H and O–H groups in total. The minimum Gasteiger partial charge on any atom is -0.383 e. The zero-order chi connectivity index (χ0) is 9.82. The molecule has 0 aliphatic heterocycles. The Hall–Kier alpha value is 0.310. The van der Waals surface area contributed by atoms with E-state index in [1.165, 1.54) is 38.5 Å². The van der Waals surface area contributed by atoms with E-state index in [2.05, 4.69) is 26.5 Å². The summed E-state index contributed by atoms with van der Waals surface area (Å²) in [5.41, 5.74) is -0.472. The van der Waals surface area contributed by atoms with Crippen molar-refractivity contribution >= 4 is 12.6 Å². The lowest BCUT2D eigenvalue weighted by atomic mass is 10.1. The number of unbranched alkanes of at least 4 members (excludes halogenated alkanes) is 5. The van der Waals surface area contributed by atoms with Crippen LogP contribution in [-0.2, 0) is 0 Å². The molecule has 0 amide bonds. The molecular formula is C10H24OS. The van der Waals surface area contributed by atoms with Crippen LogP contribution in [0, 0.1) is 0 Å². The molecule has 0 fully saturated rings. The largest absolute Gasteiger partial charge is 0.383 e. The van der Waals surface area contributed by atoms with Gasteiger partial charge in [-0.1, -0.05) is 52.4 Å². The van der Waals surface area contributed by atoms with Crippen LogP contribution in [0.1, 0.15) is 59.3 Å². The van der Waals surface area contributed by atoms with Crippen molar-refractivity contribution in [3.05, 3.63) is 0 Å². The van der Waals surface area contributed by atoms with Gasteiger partial charge < -0.3 is 5.11 Å². The Kier molecular flexibility index (Phi) is 17.1. The van der Waals surface area contributed by atoms with E-state index >= 15 is 0 Å². The number of aliphatic hydroxyl groups is 1. The van der Waals surface area contributed by atoms with E-state index in [-0.39, 0.29) is 0 Å². The maximum absolute atomic E-state index is 7.92. The Morgan fingerprint density at radius 3 is 1.42 bits per heavy atom. The predicted molar refractivity (Wildman–Crippen MR) is 59.7 cm³/mol. The Bertz CT molecular complexity index is 56.1. The maximum atomic E-state index is 7.92. The molecular weight excluding hydrogens is 168 g/mol. The first-order valence-corrected chi connectivity index (χ1v) is 5.52. The molecule has 0 aliphatic rings. The van der Waals surface area contributed by atoms with Crippen molar-refractivity contribution in [1.29, 1.82) is 0 Å². The van der Waals surface area contributed by atoms with Crippen molar-refractivity contribution < 1.29 is 5.11 Å². The molecule has 1 unspecified atom stereocenters. The lowest BCUT2D eigenvalue weighted by Crippen LogP contribution is -1.79.